The highest BCUT2D eigenvalue weighted by molar-refractivity contribution is 5.95. The summed E-state index contributed by atoms with van der Waals surface area (Å²) in [5, 5.41) is 22.0. The second kappa shape index (κ2) is 5.48. The summed E-state index contributed by atoms with van der Waals surface area (Å²) in [6.45, 7) is -0.0559. The number of amides is 1. The number of aromatic hydroxyl groups is 1. The fourth-order valence-electron chi connectivity index (χ4n) is 2.55. The van der Waals surface area contributed by atoms with E-state index in [2.05, 4.69) is 5.32 Å². The number of hydrogen-bond donors (Lipinski definition) is 4. The first kappa shape index (κ1) is 13.7. The van der Waals surface area contributed by atoms with E-state index in [4.69, 9.17) is 5.73 Å². The number of nitrogens with two attached hydrogens (primary N) is 1. The molecule has 0 spiro atoms. The first-order valence-electron chi connectivity index (χ1n) is 6.58. The quantitative estimate of drug-likeness (QED) is 0.490. The number of aliphatic hydroxyl groups is 1. The summed E-state index contributed by atoms with van der Waals surface area (Å²) < 4.78 is 0. The van der Waals surface area contributed by atoms with Crippen LogP contribution >= 0.6 is 0 Å². The molecule has 0 atom stereocenters. The number of carbonyl (C=O) groups is 1. The Kier molecular flexibility index (Phi) is 3.95. The molecule has 1 aliphatic carbocycles. The predicted octanol–water partition coefficient (Wildman–Crippen LogP) is 1.40. The number of phenols is 1. The van der Waals surface area contributed by atoms with Crippen molar-refractivity contribution in [3.63, 3.8) is 0 Å². The molecule has 0 aliphatic heterocycles. The van der Waals surface area contributed by atoms with E-state index in [9.17, 15) is 15.0 Å². The zero-order valence-electron chi connectivity index (χ0n) is 10.9. The maximum atomic E-state index is 12.2. The lowest BCUT2D eigenvalue weighted by Crippen LogP contribution is -2.52. The van der Waals surface area contributed by atoms with Gasteiger partial charge in [0, 0.05) is 5.56 Å². The Labute approximate surface area is 112 Å². The van der Waals surface area contributed by atoms with Gasteiger partial charge in [0.25, 0.3) is 5.91 Å². The van der Waals surface area contributed by atoms with Crippen molar-refractivity contribution in [2.45, 2.75) is 37.6 Å². The monoisotopic (exact) mass is 264 g/mol. The van der Waals surface area contributed by atoms with E-state index in [0.717, 1.165) is 32.1 Å². The third-order valence-electron chi connectivity index (χ3n) is 3.78. The smallest absolute Gasteiger partial charge is 0.251 e. The molecule has 0 saturated heterocycles. The van der Waals surface area contributed by atoms with Crippen molar-refractivity contribution >= 4 is 11.6 Å². The fourth-order valence-corrected chi connectivity index (χ4v) is 2.55. The molecule has 104 valence electrons. The molecule has 19 heavy (non-hydrogen) atoms. The van der Waals surface area contributed by atoms with Crippen molar-refractivity contribution in [2.75, 3.05) is 12.3 Å². The van der Waals surface area contributed by atoms with Crippen molar-refractivity contribution < 1.29 is 15.0 Å². The van der Waals surface area contributed by atoms with E-state index in [-0.39, 0.29) is 24.0 Å². The minimum absolute atomic E-state index is 0.0559. The Morgan fingerprint density at radius 3 is 2.58 bits per heavy atom. The van der Waals surface area contributed by atoms with Crippen LogP contribution in [0.15, 0.2) is 18.2 Å². The van der Waals surface area contributed by atoms with Gasteiger partial charge in [0.15, 0.2) is 0 Å². The van der Waals surface area contributed by atoms with Gasteiger partial charge in [0.1, 0.15) is 5.75 Å². The molecule has 2 rings (SSSR count). The zero-order valence-corrected chi connectivity index (χ0v) is 10.9. The van der Waals surface area contributed by atoms with Crippen LogP contribution in [-0.4, -0.2) is 28.3 Å². The van der Waals surface area contributed by atoms with Crippen molar-refractivity contribution in [2.24, 2.45) is 0 Å². The fraction of sp³-hybridized carbons (Fsp3) is 0.500. The number of anilines is 1. The van der Waals surface area contributed by atoms with E-state index in [0.29, 0.717) is 5.56 Å². The van der Waals surface area contributed by atoms with Gasteiger partial charge in [-0.1, -0.05) is 19.3 Å². The molecular weight excluding hydrogens is 244 g/mol. The van der Waals surface area contributed by atoms with E-state index >= 15 is 0 Å². The molecule has 1 fully saturated rings. The van der Waals surface area contributed by atoms with Gasteiger partial charge in [0.2, 0.25) is 0 Å². The standard InChI is InChI=1S/C14H20N2O3/c15-11-5-4-10(8-12(11)18)13(19)16-14(9-17)6-2-1-3-7-14/h4-5,8,17-18H,1-3,6-7,9,15H2,(H,16,19). The van der Waals surface area contributed by atoms with Gasteiger partial charge < -0.3 is 21.3 Å². The largest absolute Gasteiger partial charge is 0.506 e. The number of carbonyl (C=O) groups excluding carboxylic acids is 1. The highest BCUT2D eigenvalue weighted by atomic mass is 16.3. The molecule has 1 aliphatic rings. The average Bonchev–Trinajstić information content (AvgIpc) is 2.43. The Hall–Kier alpha value is -1.75. The summed E-state index contributed by atoms with van der Waals surface area (Å²) in [4.78, 5) is 12.2. The number of rotatable bonds is 3. The minimum atomic E-state index is -0.521. The lowest BCUT2D eigenvalue weighted by Gasteiger charge is -2.36. The van der Waals surface area contributed by atoms with E-state index < -0.39 is 5.54 Å². The third-order valence-corrected chi connectivity index (χ3v) is 3.78. The molecule has 0 heterocycles. The zero-order chi connectivity index (χ0) is 13.9. The van der Waals surface area contributed by atoms with E-state index in [1.807, 2.05) is 0 Å². The van der Waals surface area contributed by atoms with Crippen LogP contribution in [0.5, 0.6) is 5.75 Å². The highest BCUT2D eigenvalue weighted by Gasteiger charge is 2.33. The number of aliphatic hydroxyl groups excluding tert-OH is 1. The molecular formula is C14H20N2O3. The topological polar surface area (TPSA) is 95.6 Å². The van der Waals surface area contributed by atoms with E-state index in [1.54, 1.807) is 6.07 Å². The van der Waals surface area contributed by atoms with Gasteiger partial charge >= 0.3 is 0 Å². The molecule has 0 aromatic heterocycles. The summed E-state index contributed by atoms with van der Waals surface area (Å²) in [5.41, 5.74) is 5.58. The number of nitrogen functional groups attached to an aromatic ring is 1. The summed E-state index contributed by atoms with van der Waals surface area (Å²) in [5.74, 6) is -0.388. The van der Waals surface area contributed by atoms with Crippen LogP contribution in [0.2, 0.25) is 0 Å². The molecule has 0 unspecified atom stereocenters. The number of benzene rings is 1. The molecule has 1 aromatic rings. The van der Waals surface area contributed by atoms with Gasteiger partial charge in [-0.2, -0.15) is 0 Å². The van der Waals surface area contributed by atoms with Crippen LogP contribution in [0.1, 0.15) is 42.5 Å². The minimum Gasteiger partial charge on any atom is -0.506 e. The summed E-state index contributed by atoms with van der Waals surface area (Å²) in [6.07, 6.45) is 4.73. The number of phenolic OH excluding ortho intramolecular Hbond substituents is 1. The summed E-state index contributed by atoms with van der Waals surface area (Å²) in [7, 11) is 0. The predicted molar refractivity (Wildman–Crippen MR) is 72.9 cm³/mol. The van der Waals surface area contributed by atoms with Crippen LogP contribution in [0.3, 0.4) is 0 Å². The lowest BCUT2D eigenvalue weighted by molar-refractivity contribution is 0.0758. The second-order valence-electron chi connectivity index (χ2n) is 5.23. The maximum Gasteiger partial charge on any atom is 0.251 e. The Morgan fingerprint density at radius 1 is 1.32 bits per heavy atom. The molecule has 1 saturated carbocycles. The van der Waals surface area contributed by atoms with Gasteiger partial charge in [0.05, 0.1) is 17.8 Å². The first-order valence-corrected chi connectivity index (χ1v) is 6.58. The molecule has 0 radical (unpaired) electrons. The summed E-state index contributed by atoms with van der Waals surface area (Å²) >= 11 is 0. The van der Waals surface area contributed by atoms with Crippen LogP contribution in [0.25, 0.3) is 0 Å². The average molecular weight is 264 g/mol. The number of hydrogen-bond acceptors (Lipinski definition) is 4. The molecule has 5 nitrogen and oxygen atoms in total. The van der Waals surface area contributed by atoms with Gasteiger partial charge in [-0.05, 0) is 31.0 Å². The van der Waals surface area contributed by atoms with Crippen molar-refractivity contribution in [1.82, 2.24) is 5.32 Å². The van der Waals surface area contributed by atoms with Crippen LogP contribution in [-0.2, 0) is 0 Å². The Morgan fingerprint density at radius 2 is 2.00 bits per heavy atom. The van der Waals surface area contributed by atoms with Gasteiger partial charge in [-0.3, -0.25) is 4.79 Å². The van der Waals surface area contributed by atoms with Crippen LogP contribution < -0.4 is 11.1 Å². The lowest BCUT2D eigenvalue weighted by atomic mass is 9.82. The van der Waals surface area contributed by atoms with Crippen molar-refractivity contribution in [3.05, 3.63) is 23.8 Å². The second-order valence-corrected chi connectivity index (χ2v) is 5.23. The van der Waals surface area contributed by atoms with Crippen molar-refractivity contribution in [1.29, 1.82) is 0 Å². The molecule has 1 amide bonds. The van der Waals surface area contributed by atoms with Crippen molar-refractivity contribution in [3.8, 4) is 5.75 Å². The Balaban J connectivity index is 2.12. The molecule has 5 heteroatoms. The van der Waals surface area contributed by atoms with E-state index in [1.165, 1.54) is 12.1 Å². The highest BCUT2D eigenvalue weighted by Crippen LogP contribution is 2.28. The van der Waals surface area contributed by atoms with Crippen LogP contribution in [0.4, 0.5) is 5.69 Å². The maximum absolute atomic E-state index is 12.2. The third kappa shape index (κ3) is 2.98. The number of nitrogens with one attached hydrogen (secondary N) is 1. The first-order chi connectivity index (χ1) is 9.06. The molecule has 5 N–H and O–H groups in total. The summed E-state index contributed by atoms with van der Waals surface area (Å²) in [6, 6.07) is 4.41. The Bertz CT molecular complexity index is 468. The van der Waals surface area contributed by atoms with Gasteiger partial charge in [-0.25, -0.2) is 0 Å². The molecule has 0 bridgehead atoms. The van der Waals surface area contributed by atoms with Crippen LogP contribution in [0, 0.1) is 0 Å². The normalized spacial score (nSPS) is 17.9. The van der Waals surface area contributed by atoms with Gasteiger partial charge in [-0.15, -0.1) is 0 Å². The molecule has 1 aromatic carbocycles. The SMILES string of the molecule is Nc1ccc(C(=O)NC2(CO)CCCCC2)cc1O.